The molecule has 7 nitrogen and oxygen atoms in total. The predicted octanol–water partition coefficient (Wildman–Crippen LogP) is 4.44. The van der Waals surface area contributed by atoms with Crippen LogP contribution in [0, 0.1) is 22.9 Å². The summed E-state index contributed by atoms with van der Waals surface area (Å²) in [6.45, 7) is 1.60. The molecule has 27 heavy (non-hydrogen) atoms. The number of halogens is 1. The number of nitro groups is 1. The zero-order valence-corrected chi connectivity index (χ0v) is 15.6. The number of aromatic nitrogens is 2. The fourth-order valence-corrected chi connectivity index (χ4v) is 3.92. The van der Waals surface area contributed by atoms with Crippen LogP contribution in [-0.4, -0.2) is 21.0 Å². The Morgan fingerprint density at radius 3 is 2.81 bits per heavy atom. The Labute approximate surface area is 161 Å². The van der Waals surface area contributed by atoms with Crippen molar-refractivity contribution in [3.8, 4) is 0 Å². The average Bonchev–Trinajstić information content (AvgIpc) is 3.08. The van der Waals surface area contributed by atoms with Crippen molar-refractivity contribution in [1.82, 2.24) is 10.2 Å². The highest BCUT2D eigenvalue weighted by molar-refractivity contribution is 8.00. The standard InChI is InChI=1S/C17H13FN4O3S2/c1-10-6-7-11(8-14(10)22(24)25)15(23)19-16-20-21-17(27-16)26-9-12-4-2-3-5-13(12)18/h2-8H,9H2,1H3,(H,19,20,23). The summed E-state index contributed by atoms with van der Waals surface area (Å²) in [6, 6.07) is 10.7. The molecule has 0 saturated carbocycles. The number of anilines is 1. The van der Waals surface area contributed by atoms with E-state index in [1.54, 1.807) is 25.1 Å². The molecule has 1 heterocycles. The number of benzene rings is 2. The molecule has 0 aliphatic heterocycles. The van der Waals surface area contributed by atoms with Gasteiger partial charge in [-0.05, 0) is 24.6 Å². The van der Waals surface area contributed by atoms with Gasteiger partial charge in [-0.25, -0.2) is 4.39 Å². The molecule has 0 spiro atoms. The molecule has 2 aromatic carbocycles. The van der Waals surface area contributed by atoms with Gasteiger partial charge in [-0.15, -0.1) is 10.2 Å². The highest BCUT2D eigenvalue weighted by Crippen LogP contribution is 2.29. The minimum atomic E-state index is -0.533. The molecular weight excluding hydrogens is 391 g/mol. The Morgan fingerprint density at radius 2 is 2.07 bits per heavy atom. The van der Waals surface area contributed by atoms with E-state index < -0.39 is 10.8 Å². The van der Waals surface area contributed by atoms with Gasteiger partial charge in [0.15, 0.2) is 4.34 Å². The van der Waals surface area contributed by atoms with Crippen LogP contribution in [0.3, 0.4) is 0 Å². The smallest absolute Gasteiger partial charge is 0.273 e. The number of carbonyl (C=O) groups is 1. The molecule has 0 saturated heterocycles. The number of hydrogen-bond acceptors (Lipinski definition) is 7. The molecule has 10 heteroatoms. The summed E-state index contributed by atoms with van der Waals surface area (Å²) in [5.74, 6) is -0.414. The molecule has 3 rings (SSSR count). The molecule has 0 fully saturated rings. The van der Waals surface area contributed by atoms with Gasteiger partial charge in [0.25, 0.3) is 11.6 Å². The van der Waals surface area contributed by atoms with Crippen molar-refractivity contribution in [3.05, 3.63) is 75.1 Å². The maximum atomic E-state index is 13.6. The molecule has 0 aliphatic rings. The maximum absolute atomic E-state index is 13.6. The van der Waals surface area contributed by atoms with Crippen molar-refractivity contribution >= 4 is 39.8 Å². The third-order valence-corrected chi connectivity index (χ3v) is 5.62. The van der Waals surface area contributed by atoms with Gasteiger partial charge < -0.3 is 0 Å². The normalized spacial score (nSPS) is 10.6. The summed E-state index contributed by atoms with van der Waals surface area (Å²) in [5, 5.41) is 21.7. The van der Waals surface area contributed by atoms with Gasteiger partial charge in [-0.3, -0.25) is 20.2 Å². The predicted molar refractivity (Wildman–Crippen MR) is 102 cm³/mol. The highest BCUT2D eigenvalue weighted by atomic mass is 32.2. The fraction of sp³-hybridized carbons (Fsp3) is 0.118. The molecule has 1 N–H and O–H groups in total. The van der Waals surface area contributed by atoms with Crippen LogP contribution in [0.4, 0.5) is 15.2 Å². The quantitative estimate of drug-likeness (QED) is 0.282. The second-order valence-electron chi connectivity index (χ2n) is 5.47. The van der Waals surface area contributed by atoms with Crippen LogP contribution in [0.1, 0.15) is 21.5 Å². The summed E-state index contributed by atoms with van der Waals surface area (Å²) in [6.07, 6.45) is 0. The summed E-state index contributed by atoms with van der Waals surface area (Å²) < 4.78 is 14.2. The van der Waals surface area contributed by atoms with Crippen molar-refractivity contribution < 1.29 is 14.1 Å². The molecule has 0 atom stereocenters. The van der Waals surface area contributed by atoms with Gasteiger partial charge in [0.05, 0.1) is 4.92 Å². The SMILES string of the molecule is Cc1ccc(C(=O)Nc2nnc(SCc3ccccc3F)s2)cc1[N+](=O)[O-]. The number of amides is 1. The third kappa shape index (κ3) is 4.66. The van der Waals surface area contributed by atoms with E-state index in [0.717, 1.165) is 11.3 Å². The minimum Gasteiger partial charge on any atom is -0.296 e. The van der Waals surface area contributed by atoms with Gasteiger partial charge in [0.1, 0.15) is 5.82 Å². The lowest BCUT2D eigenvalue weighted by atomic mass is 10.1. The molecule has 1 amide bonds. The van der Waals surface area contributed by atoms with Crippen LogP contribution >= 0.6 is 23.1 Å². The summed E-state index contributed by atoms with van der Waals surface area (Å²) >= 11 is 2.45. The average molecular weight is 404 g/mol. The van der Waals surface area contributed by atoms with E-state index in [-0.39, 0.29) is 22.2 Å². The van der Waals surface area contributed by atoms with Crippen LogP contribution in [0.25, 0.3) is 0 Å². The molecule has 0 aliphatic carbocycles. The van der Waals surface area contributed by atoms with Crippen molar-refractivity contribution in [2.75, 3.05) is 5.32 Å². The number of carbonyl (C=O) groups excluding carboxylic acids is 1. The lowest BCUT2D eigenvalue weighted by Gasteiger charge is -2.03. The van der Waals surface area contributed by atoms with Gasteiger partial charge in [0, 0.05) is 22.9 Å². The van der Waals surface area contributed by atoms with Crippen molar-refractivity contribution in [2.45, 2.75) is 17.0 Å². The van der Waals surface area contributed by atoms with Gasteiger partial charge >= 0.3 is 0 Å². The first-order valence-corrected chi connectivity index (χ1v) is 9.50. The Hall–Kier alpha value is -2.85. The monoisotopic (exact) mass is 404 g/mol. The minimum absolute atomic E-state index is 0.124. The maximum Gasteiger partial charge on any atom is 0.273 e. The first-order chi connectivity index (χ1) is 12.9. The number of nitro benzene ring substituents is 1. The van der Waals surface area contributed by atoms with Crippen LogP contribution in [0.15, 0.2) is 46.8 Å². The van der Waals surface area contributed by atoms with E-state index in [9.17, 15) is 19.3 Å². The lowest BCUT2D eigenvalue weighted by molar-refractivity contribution is -0.385. The second kappa shape index (κ2) is 8.23. The summed E-state index contributed by atoms with van der Waals surface area (Å²) in [7, 11) is 0. The Bertz CT molecular complexity index is 1010. The number of hydrogen-bond donors (Lipinski definition) is 1. The van der Waals surface area contributed by atoms with E-state index in [1.165, 1.54) is 36.0 Å². The number of thioether (sulfide) groups is 1. The molecular formula is C17H13FN4O3S2. The first kappa shape index (κ1) is 18.9. The largest absolute Gasteiger partial charge is 0.296 e. The van der Waals surface area contributed by atoms with E-state index in [4.69, 9.17) is 0 Å². The van der Waals surface area contributed by atoms with Crippen LogP contribution < -0.4 is 5.32 Å². The van der Waals surface area contributed by atoms with Crippen LogP contribution in [0.2, 0.25) is 0 Å². The fourth-order valence-electron chi connectivity index (χ4n) is 2.19. The number of nitrogens with one attached hydrogen (secondary N) is 1. The van der Waals surface area contributed by atoms with E-state index >= 15 is 0 Å². The molecule has 1 aromatic heterocycles. The lowest BCUT2D eigenvalue weighted by Crippen LogP contribution is -2.12. The Morgan fingerprint density at radius 1 is 1.30 bits per heavy atom. The number of rotatable bonds is 6. The topological polar surface area (TPSA) is 98.0 Å². The molecule has 3 aromatic rings. The molecule has 0 radical (unpaired) electrons. The number of nitrogens with zero attached hydrogens (tertiary/aromatic N) is 3. The molecule has 138 valence electrons. The third-order valence-electron chi connectivity index (χ3n) is 3.60. The van der Waals surface area contributed by atoms with E-state index in [1.807, 2.05) is 0 Å². The molecule has 0 unspecified atom stereocenters. The first-order valence-electron chi connectivity index (χ1n) is 7.70. The summed E-state index contributed by atoms with van der Waals surface area (Å²) in [4.78, 5) is 22.7. The van der Waals surface area contributed by atoms with E-state index in [0.29, 0.717) is 21.2 Å². The van der Waals surface area contributed by atoms with Crippen LogP contribution in [0.5, 0.6) is 0 Å². The summed E-state index contributed by atoms with van der Waals surface area (Å²) in [5.41, 5.74) is 1.05. The van der Waals surface area contributed by atoms with Crippen molar-refractivity contribution in [2.24, 2.45) is 0 Å². The zero-order chi connectivity index (χ0) is 19.4. The molecule has 0 bridgehead atoms. The van der Waals surface area contributed by atoms with Crippen molar-refractivity contribution in [3.63, 3.8) is 0 Å². The van der Waals surface area contributed by atoms with Crippen LogP contribution in [-0.2, 0) is 5.75 Å². The Kier molecular flexibility index (Phi) is 5.77. The van der Waals surface area contributed by atoms with Gasteiger partial charge in [-0.2, -0.15) is 0 Å². The highest BCUT2D eigenvalue weighted by Gasteiger charge is 2.16. The second-order valence-corrected chi connectivity index (χ2v) is 7.67. The van der Waals surface area contributed by atoms with Gasteiger partial charge in [0.2, 0.25) is 5.13 Å². The van der Waals surface area contributed by atoms with E-state index in [2.05, 4.69) is 15.5 Å². The number of aryl methyl sites for hydroxylation is 1. The van der Waals surface area contributed by atoms with Gasteiger partial charge in [-0.1, -0.05) is 47.4 Å². The zero-order valence-electron chi connectivity index (χ0n) is 14.0. The Balaban J connectivity index is 1.65. The van der Waals surface area contributed by atoms with Crippen molar-refractivity contribution in [1.29, 1.82) is 0 Å².